The first-order valence-corrected chi connectivity index (χ1v) is 8.05. The number of carbonyl (C=O) groups excluding carboxylic acids is 1. The first kappa shape index (κ1) is 16.3. The molecule has 0 saturated carbocycles. The number of hydrogen-bond donors (Lipinski definition) is 0. The highest BCUT2D eigenvalue weighted by Gasteiger charge is 2.18. The minimum Gasteiger partial charge on any atom is -0.335 e. The fraction of sp³-hybridized carbons (Fsp3) is 0.158. The molecule has 1 atom stereocenters. The number of benzene rings is 2. The lowest BCUT2D eigenvalue weighted by molar-refractivity contribution is 0.0742. The van der Waals surface area contributed by atoms with Crippen LogP contribution in [0, 0.1) is 0 Å². The SMILES string of the molecule is CC(c1ccc(Cl)cc1)N(C)C(=O)c1ccc(-n2ccnc2)cc1. The van der Waals surface area contributed by atoms with E-state index in [2.05, 4.69) is 4.98 Å². The summed E-state index contributed by atoms with van der Waals surface area (Å²) in [5.74, 6) is -0.0189. The number of nitrogens with zero attached hydrogens (tertiary/aromatic N) is 3. The highest BCUT2D eigenvalue weighted by Crippen LogP contribution is 2.22. The molecule has 4 nitrogen and oxygen atoms in total. The summed E-state index contributed by atoms with van der Waals surface area (Å²) in [6.07, 6.45) is 5.32. The Bertz CT molecular complexity index is 811. The van der Waals surface area contributed by atoms with Crippen molar-refractivity contribution in [3.8, 4) is 5.69 Å². The maximum absolute atomic E-state index is 12.7. The summed E-state index contributed by atoms with van der Waals surface area (Å²) < 4.78 is 1.90. The Morgan fingerprint density at radius 3 is 2.38 bits per heavy atom. The highest BCUT2D eigenvalue weighted by molar-refractivity contribution is 6.30. The Hall–Kier alpha value is -2.59. The van der Waals surface area contributed by atoms with Gasteiger partial charge < -0.3 is 9.47 Å². The lowest BCUT2D eigenvalue weighted by Crippen LogP contribution is -2.29. The number of rotatable bonds is 4. The van der Waals surface area contributed by atoms with E-state index >= 15 is 0 Å². The van der Waals surface area contributed by atoms with Crippen LogP contribution in [0.15, 0.2) is 67.3 Å². The van der Waals surface area contributed by atoms with Crippen molar-refractivity contribution in [2.75, 3.05) is 7.05 Å². The molecule has 0 saturated heterocycles. The number of carbonyl (C=O) groups is 1. The normalized spacial score (nSPS) is 12.0. The van der Waals surface area contributed by atoms with Gasteiger partial charge in [0.05, 0.1) is 12.4 Å². The van der Waals surface area contributed by atoms with E-state index in [1.807, 2.05) is 73.3 Å². The predicted octanol–water partition coefficient (Wildman–Crippen LogP) is 4.36. The fourth-order valence-electron chi connectivity index (χ4n) is 2.53. The molecule has 0 N–H and O–H groups in total. The fourth-order valence-corrected chi connectivity index (χ4v) is 2.66. The van der Waals surface area contributed by atoms with Crippen LogP contribution in [0.2, 0.25) is 5.02 Å². The van der Waals surface area contributed by atoms with Crippen LogP contribution in [-0.2, 0) is 0 Å². The van der Waals surface area contributed by atoms with Crippen molar-refractivity contribution >= 4 is 17.5 Å². The van der Waals surface area contributed by atoms with Crippen molar-refractivity contribution in [3.05, 3.63) is 83.4 Å². The quantitative estimate of drug-likeness (QED) is 0.708. The van der Waals surface area contributed by atoms with Crippen LogP contribution in [0.3, 0.4) is 0 Å². The average molecular weight is 340 g/mol. The second-order valence-corrected chi connectivity index (χ2v) is 6.10. The van der Waals surface area contributed by atoms with Gasteiger partial charge in [-0.05, 0) is 48.9 Å². The smallest absolute Gasteiger partial charge is 0.254 e. The zero-order valence-corrected chi connectivity index (χ0v) is 14.3. The zero-order chi connectivity index (χ0) is 17.1. The Balaban J connectivity index is 1.76. The minimum absolute atomic E-state index is 0.0189. The van der Waals surface area contributed by atoms with Crippen LogP contribution >= 0.6 is 11.6 Å². The molecule has 3 aromatic rings. The van der Waals surface area contributed by atoms with Gasteiger partial charge in [0, 0.05) is 35.7 Å². The van der Waals surface area contributed by atoms with Crippen molar-refractivity contribution in [3.63, 3.8) is 0 Å². The molecule has 0 bridgehead atoms. The van der Waals surface area contributed by atoms with Gasteiger partial charge >= 0.3 is 0 Å². The highest BCUT2D eigenvalue weighted by atomic mass is 35.5. The summed E-state index contributed by atoms with van der Waals surface area (Å²) in [7, 11) is 1.81. The molecule has 24 heavy (non-hydrogen) atoms. The second kappa shape index (κ2) is 6.89. The van der Waals surface area contributed by atoms with E-state index < -0.39 is 0 Å². The third-order valence-electron chi connectivity index (χ3n) is 4.17. The zero-order valence-electron chi connectivity index (χ0n) is 13.6. The van der Waals surface area contributed by atoms with E-state index in [9.17, 15) is 4.79 Å². The van der Waals surface area contributed by atoms with Crippen molar-refractivity contribution in [1.82, 2.24) is 14.5 Å². The van der Waals surface area contributed by atoms with Crippen molar-refractivity contribution < 1.29 is 4.79 Å². The third-order valence-corrected chi connectivity index (χ3v) is 4.42. The number of imidazole rings is 1. The largest absolute Gasteiger partial charge is 0.335 e. The standard InChI is InChI=1S/C19H18ClN3O/c1-14(15-3-7-17(20)8-4-15)22(2)19(24)16-5-9-18(10-6-16)23-12-11-21-13-23/h3-14H,1-2H3. The van der Waals surface area contributed by atoms with Gasteiger partial charge in [-0.3, -0.25) is 4.79 Å². The molecule has 1 aromatic heterocycles. The Morgan fingerprint density at radius 1 is 1.12 bits per heavy atom. The Labute approximate surface area is 146 Å². The molecule has 1 unspecified atom stereocenters. The molecule has 0 fully saturated rings. The summed E-state index contributed by atoms with van der Waals surface area (Å²) in [6, 6.07) is 15.0. The number of halogens is 1. The van der Waals surface area contributed by atoms with Gasteiger partial charge in [-0.1, -0.05) is 23.7 Å². The van der Waals surface area contributed by atoms with Gasteiger partial charge in [-0.2, -0.15) is 0 Å². The van der Waals surface area contributed by atoms with Gasteiger partial charge in [0.1, 0.15) is 0 Å². The summed E-state index contributed by atoms with van der Waals surface area (Å²) >= 11 is 5.92. The molecule has 0 aliphatic heterocycles. The molecule has 1 heterocycles. The Morgan fingerprint density at radius 2 is 1.79 bits per heavy atom. The minimum atomic E-state index is -0.0388. The molecule has 1 amide bonds. The predicted molar refractivity (Wildman–Crippen MR) is 95.5 cm³/mol. The Kier molecular flexibility index (Phi) is 4.67. The van der Waals surface area contributed by atoms with Crippen LogP contribution < -0.4 is 0 Å². The maximum atomic E-state index is 12.7. The van der Waals surface area contributed by atoms with Crippen LogP contribution in [-0.4, -0.2) is 27.4 Å². The van der Waals surface area contributed by atoms with E-state index in [0.29, 0.717) is 10.6 Å². The van der Waals surface area contributed by atoms with E-state index in [0.717, 1.165) is 11.3 Å². The summed E-state index contributed by atoms with van der Waals surface area (Å²) in [5.41, 5.74) is 2.67. The van der Waals surface area contributed by atoms with Gasteiger partial charge in [-0.25, -0.2) is 4.98 Å². The molecule has 5 heteroatoms. The van der Waals surface area contributed by atoms with Crippen LogP contribution in [0.1, 0.15) is 28.9 Å². The molecule has 0 spiro atoms. The van der Waals surface area contributed by atoms with E-state index in [1.54, 1.807) is 17.4 Å². The molecule has 3 rings (SSSR count). The lowest BCUT2D eigenvalue weighted by Gasteiger charge is -2.25. The van der Waals surface area contributed by atoms with Crippen molar-refractivity contribution in [2.24, 2.45) is 0 Å². The van der Waals surface area contributed by atoms with Gasteiger partial charge in [-0.15, -0.1) is 0 Å². The number of aromatic nitrogens is 2. The van der Waals surface area contributed by atoms with Crippen molar-refractivity contribution in [2.45, 2.75) is 13.0 Å². The molecule has 0 radical (unpaired) electrons. The molecule has 0 aliphatic rings. The maximum Gasteiger partial charge on any atom is 0.254 e. The summed E-state index contributed by atoms with van der Waals surface area (Å²) in [5, 5.41) is 0.690. The number of amides is 1. The van der Waals surface area contributed by atoms with E-state index in [1.165, 1.54) is 0 Å². The summed E-state index contributed by atoms with van der Waals surface area (Å²) in [6.45, 7) is 2.00. The van der Waals surface area contributed by atoms with Crippen LogP contribution in [0.25, 0.3) is 5.69 Å². The first-order valence-electron chi connectivity index (χ1n) is 7.67. The molecular formula is C19H18ClN3O. The van der Waals surface area contributed by atoms with Crippen molar-refractivity contribution in [1.29, 1.82) is 0 Å². The molecule has 122 valence electrons. The van der Waals surface area contributed by atoms with Gasteiger partial charge in [0.25, 0.3) is 5.91 Å². The summed E-state index contributed by atoms with van der Waals surface area (Å²) in [4.78, 5) is 18.5. The molecular weight excluding hydrogens is 322 g/mol. The van der Waals surface area contributed by atoms with E-state index in [-0.39, 0.29) is 11.9 Å². The lowest BCUT2D eigenvalue weighted by atomic mass is 10.1. The van der Waals surface area contributed by atoms with E-state index in [4.69, 9.17) is 11.6 Å². The monoisotopic (exact) mass is 339 g/mol. The van der Waals surface area contributed by atoms with Crippen LogP contribution in [0.5, 0.6) is 0 Å². The number of hydrogen-bond acceptors (Lipinski definition) is 2. The average Bonchev–Trinajstić information content (AvgIpc) is 3.15. The van der Waals surface area contributed by atoms with Gasteiger partial charge in [0.15, 0.2) is 0 Å². The second-order valence-electron chi connectivity index (χ2n) is 5.66. The molecule has 0 aliphatic carbocycles. The topological polar surface area (TPSA) is 38.1 Å². The first-order chi connectivity index (χ1) is 11.6. The molecule has 2 aromatic carbocycles. The third kappa shape index (κ3) is 3.34. The van der Waals surface area contributed by atoms with Gasteiger partial charge in [0.2, 0.25) is 0 Å². The van der Waals surface area contributed by atoms with Crippen LogP contribution in [0.4, 0.5) is 0 Å².